The maximum Gasteiger partial charge on any atom is 0.336 e. The first kappa shape index (κ1) is 50.1. The minimum absolute atomic E-state index is 0.0189. The molecule has 1 aromatic heterocycles. The van der Waals surface area contributed by atoms with Gasteiger partial charge in [-0.3, -0.25) is 38.0 Å². The molecule has 0 aliphatic rings. The molecule has 0 aliphatic heterocycles. The third-order valence-electron chi connectivity index (χ3n) is 9.31. The number of carbonyl (C=O) groups excluding carboxylic acids is 6. The van der Waals surface area contributed by atoms with Crippen molar-refractivity contribution in [2.24, 2.45) is 22.2 Å². The molecule has 342 valence electrons. The molecule has 64 heavy (non-hydrogen) atoms. The standard InChI is InChI=1S/C42H49Cl2N9O10S/c1-23(54)50-33(14-16-64(2)61)39(58)49-21-37(56)52-34(17-24-8-11-27(12-9-24)62-22-29-30(43)5-3-6-31(29)44)41(60)53-32(7-4-15-48-42(46)47)40(59)51-26-10-13-28-25(18-36(45)55)19-38(57)63-35(28)20-26/h3,5-6,8-13,19-20,32-34H,4,7,14-18,21-22H2,1-2H3,(H2,45,55)(H,49,58)(H,50,54)(H,51,59)(H,52,56)(H,53,60)(H4,46,47,48)/t32-,33-,34-,64?/m0/s1. The van der Waals surface area contributed by atoms with Crippen molar-refractivity contribution in [2.45, 2.75) is 63.8 Å². The van der Waals surface area contributed by atoms with Gasteiger partial charge in [0.1, 0.15) is 36.1 Å². The minimum Gasteiger partial charge on any atom is -0.489 e. The zero-order valence-electron chi connectivity index (χ0n) is 34.9. The van der Waals surface area contributed by atoms with Gasteiger partial charge in [-0.15, -0.1) is 0 Å². The molecular formula is C42H49Cl2N9O10S. The Labute approximate surface area is 380 Å². The van der Waals surface area contributed by atoms with Gasteiger partial charge in [0, 0.05) is 81.5 Å². The van der Waals surface area contributed by atoms with E-state index >= 15 is 0 Å². The molecule has 3 aromatic carbocycles. The van der Waals surface area contributed by atoms with Gasteiger partial charge in [-0.1, -0.05) is 41.4 Å². The summed E-state index contributed by atoms with van der Waals surface area (Å²) in [4.78, 5) is 94.0. The van der Waals surface area contributed by atoms with Gasteiger partial charge in [-0.2, -0.15) is 0 Å². The second-order valence-electron chi connectivity index (χ2n) is 14.4. The lowest BCUT2D eigenvalue weighted by molar-refractivity contribution is -0.132. The fourth-order valence-electron chi connectivity index (χ4n) is 6.24. The zero-order chi connectivity index (χ0) is 46.9. The number of hydrogen-bond acceptors (Lipinski definition) is 11. The Hall–Kier alpha value is -6.51. The minimum atomic E-state index is -1.32. The molecule has 0 spiro atoms. The van der Waals surface area contributed by atoms with Crippen molar-refractivity contribution in [3.63, 3.8) is 0 Å². The van der Waals surface area contributed by atoms with E-state index in [4.69, 9.17) is 49.6 Å². The molecule has 6 amide bonds. The maximum absolute atomic E-state index is 14.2. The SMILES string of the molecule is CC(=O)N[C@@H](CCS(C)=O)C(=O)NCC(=O)N[C@@H](Cc1ccc(OCc2c(Cl)cccc2Cl)cc1)C(=O)N[C@@H](CCCN=C(N)N)C(=O)Nc1ccc2c(CC(N)=O)cc(=O)oc2c1. The van der Waals surface area contributed by atoms with Gasteiger partial charge in [0.05, 0.1) is 13.0 Å². The number of rotatable bonds is 23. The summed E-state index contributed by atoms with van der Waals surface area (Å²) in [5.41, 5.74) is 17.3. The summed E-state index contributed by atoms with van der Waals surface area (Å²) in [6.45, 7) is 0.787. The Morgan fingerprint density at radius 3 is 2.17 bits per heavy atom. The average molecular weight is 943 g/mol. The number of guanidine groups is 1. The molecule has 0 aliphatic carbocycles. The van der Waals surface area contributed by atoms with E-state index < -0.39 is 76.5 Å². The van der Waals surface area contributed by atoms with Crippen LogP contribution in [0.2, 0.25) is 10.0 Å². The van der Waals surface area contributed by atoms with E-state index in [1.807, 2.05) is 0 Å². The molecule has 0 bridgehead atoms. The number of primary amides is 1. The number of hydrogen-bond donors (Lipinski definition) is 8. The van der Waals surface area contributed by atoms with Crippen LogP contribution in [-0.2, 0) is 59.0 Å². The number of benzene rings is 3. The molecule has 1 unspecified atom stereocenters. The summed E-state index contributed by atoms with van der Waals surface area (Å²) in [5.74, 6) is -3.76. The number of halogens is 2. The first-order valence-electron chi connectivity index (χ1n) is 19.7. The van der Waals surface area contributed by atoms with E-state index in [-0.39, 0.29) is 68.2 Å². The van der Waals surface area contributed by atoms with Crippen LogP contribution < -0.4 is 54.1 Å². The second-order valence-corrected chi connectivity index (χ2v) is 16.8. The number of anilines is 1. The highest BCUT2D eigenvalue weighted by molar-refractivity contribution is 7.84. The van der Waals surface area contributed by atoms with E-state index in [9.17, 15) is 37.8 Å². The molecule has 22 heteroatoms. The van der Waals surface area contributed by atoms with Crippen LogP contribution in [0.25, 0.3) is 11.0 Å². The summed E-state index contributed by atoms with van der Waals surface area (Å²) in [6.07, 6.45) is 1.42. The Morgan fingerprint density at radius 1 is 0.844 bits per heavy atom. The van der Waals surface area contributed by atoms with Crippen molar-refractivity contribution in [1.82, 2.24) is 21.3 Å². The highest BCUT2D eigenvalue weighted by Crippen LogP contribution is 2.26. The number of nitrogens with two attached hydrogens (primary N) is 3. The Kier molecular flexibility index (Phi) is 19.1. The highest BCUT2D eigenvalue weighted by atomic mass is 35.5. The third kappa shape index (κ3) is 16.3. The highest BCUT2D eigenvalue weighted by Gasteiger charge is 2.28. The number of fused-ring (bicyclic) bond motifs is 1. The van der Waals surface area contributed by atoms with E-state index in [0.29, 0.717) is 37.9 Å². The molecule has 0 fully saturated rings. The summed E-state index contributed by atoms with van der Waals surface area (Å²) in [5, 5.41) is 14.2. The molecule has 4 atom stereocenters. The van der Waals surface area contributed by atoms with Gasteiger partial charge in [0.15, 0.2) is 5.96 Å². The van der Waals surface area contributed by atoms with Crippen LogP contribution in [0.3, 0.4) is 0 Å². The topological polar surface area (TPSA) is 310 Å². The lowest BCUT2D eigenvalue weighted by atomic mass is 10.0. The van der Waals surface area contributed by atoms with Gasteiger partial charge in [0.2, 0.25) is 35.4 Å². The van der Waals surface area contributed by atoms with Crippen LogP contribution in [0.5, 0.6) is 5.75 Å². The van der Waals surface area contributed by atoms with Gasteiger partial charge < -0.3 is 52.9 Å². The Balaban J connectivity index is 1.57. The lowest BCUT2D eigenvalue weighted by Gasteiger charge is -2.24. The number of nitrogens with zero attached hydrogens (tertiary/aromatic N) is 1. The van der Waals surface area contributed by atoms with Gasteiger partial charge in [-0.25, -0.2) is 4.79 Å². The van der Waals surface area contributed by atoms with Gasteiger partial charge in [-0.05, 0) is 66.8 Å². The van der Waals surface area contributed by atoms with E-state index in [0.717, 1.165) is 6.07 Å². The van der Waals surface area contributed by atoms with Crippen LogP contribution in [0, 0.1) is 0 Å². The molecule has 4 aromatic rings. The molecule has 1 heterocycles. The number of aliphatic imine (C=N–C) groups is 1. The summed E-state index contributed by atoms with van der Waals surface area (Å²) in [6, 6.07) is 13.6. The third-order valence-corrected chi connectivity index (χ3v) is 10.8. The molecule has 0 saturated carbocycles. The lowest BCUT2D eigenvalue weighted by Crippen LogP contribution is -2.55. The first-order valence-corrected chi connectivity index (χ1v) is 22.2. The predicted octanol–water partition coefficient (Wildman–Crippen LogP) is 1.30. The maximum atomic E-state index is 14.2. The normalized spacial score (nSPS) is 12.8. The molecule has 0 saturated heterocycles. The number of ether oxygens (including phenoxy) is 1. The summed E-state index contributed by atoms with van der Waals surface area (Å²) >= 11 is 12.6. The van der Waals surface area contributed by atoms with Crippen molar-refractivity contribution < 1.29 is 42.1 Å². The summed E-state index contributed by atoms with van der Waals surface area (Å²) < 4.78 is 22.9. The van der Waals surface area contributed by atoms with E-state index in [2.05, 4.69) is 31.6 Å². The number of nitrogens with one attached hydrogen (secondary N) is 5. The monoisotopic (exact) mass is 941 g/mol. The quantitative estimate of drug-likeness (QED) is 0.0226. The molecule has 0 radical (unpaired) electrons. The first-order chi connectivity index (χ1) is 30.4. The summed E-state index contributed by atoms with van der Waals surface area (Å²) in [7, 11) is -1.26. The molecular weight excluding hydrogens is 893 g/mol. The van der Waals surface area contributed by atoms with Crippen molar-refractivity contribution in [3.05, 3.63) is 104 Å². The van der Waals surface area contributed by atoms with Crippen molar-refractivity contribution >= 4 is 92.1 Å². The fourth-order valence-corrected chi connectivity index (χ4v) is 7.32. The van der Waals surface area contributed by atoms with Crippen LogP contribution >= 0.6 is 23.2 Å². The van der Waals surface area contributed by atoms with Crippen molar-refractivity contribution in [1.29, 1.82) is 0 Å². The van der Waals surface area contributed by atoms with Crippen LogP contribution in [0.4, 0.5) is 5.69 Å². The van der Waals surface area contributed by atoms with Crippen LogP contribution in [0.1, 0.15) is 42.9 Å². The molecule has 4 rings (SSSR count). The average Bonchev–Trinajstić information content (AvgIpc) is 3.21. The number of amides is 6. The second kappa shape index (κ2) is 24.4. The Bertz CT molecular complexity index is 2440. The van der Waals surface area contributed by atoms with Gasteiger partial charge >= 0.3 is 5.63 Å². The molecule has 19 nitrogen and oxygen atoms in total. The van der Waals surface area contributed by atoms with Crippen molar-refractivity contribution in [3.8, 4) is 5.75 Å². The van der Waals surface area contributed by atoms with Crippen molar-refractivity contribution in [2.75, 3.05) is 30.4 Å². The largest absolute Gasteiger partial charge is 0.489 e. The number of carbonyl (C=O) groups is 6. The van der Waals surface area contributed by atoms with Gasteiger partial charge in [0.25, 0.3) is 0 Å². The van der Waals surface area contributed by atoms with E-state index in [1.54, 1.807) is 42.5 Å². The zero-order valence-corrected chi connectivity index (χ0v) is 37.2. The smallest absolute Gasteiger partial charge is 0.336 e. The van der Waals surface area contributed by atoms with E-state index in [1.165, 1.54) is 31.4 Å². The fraction of sp³-hybridized carbons (Fsp3) is 0.333. The predicted molar refractivity (Wildman–Crippen MR) is 243 cm³/mol. The van der Waals surface area contributed by atoms with Crippen LogP contribution in [-0.4, -0.2) is 88.8 Å². The van der Waals surface area contributed by atoms with Crippen LogP contribution in [0.15, 0.2) is 80.9 Å². The Morgan fingerprint density at radius 2 is 1.53 bits per heavy atom. The molecule has 11 N–H and O–H groups in total.